The van der Waals surface area contributed by atoms with Crippen molar-refractivity contribution in [3.63, 3.8) is 0 Å². The molecule has 1 amide bonds. The number of carbonyl (C=O) groups excluding carboxylic acids is 1. The van der Waals surface area contributed by atoms with Gasteiger partial charge < -0.3 is 15.0 Å². The van der Waals surface area contributed by atoms with Crippen molar-refractivity contribution >= 4 is 33.5 Å². The van der Waals surface area contributed by atoms with E-state index < -0.39 is 52.4 Å². The first kappa shape index (κ1) is 27.3. The monoisotopic (exact) mass is 534 g/mol. The van der Waals surface area contributed by atoms with E-state index in [1.54, 1.807) is 6.07 Å². The number of carbonyl (C=O) groups is 1. The Hall–Kier alpha value is -3.26. The molecule has 2 aromatic rings. The topological polar surface area (TPSA) is 101 Å². The summed E-state index contributed by atoms with van der Waals surface area (Å²) in [5, 5.41) is 2.35. The van der Waals surface area contributed by atoms with Gasteiger partial charge in [0.05, 0.1) is 36.4 Å². The highest BCUT2D eigenvalue weighted by Crippen LogP contribution is 2.37. The predicted octanol–water partition coefficient (Wildman–Crippen LogP) is 3.25. The number of nitrogens with one attached hydrogen (secondary N) is 2. The predicted molar refractivity (Wildman–Crippen MR) is 123 cm³/mol. The van der Waals surface area contributed by atoms with Gasteiger partial charge in [-0.05, 0) is 35.9 Å². The van der Waals surface area contributed by atoms with Crippen molar-refractivity contribution in [2.24, 2.45) is 0 Å². The van der Waals surface area contributed by atoms with Crippen LogP contribution in [0, 0.1) is 5.82 Å². The molecule has 0 bridgehead atoms. The largest absolute Gasteiger partial charge is 0.418 e. The Morgan fingerprint density at radius 3 is 2.53 bits per heavy atom. The number of anilines is 2. The Morgan fingerprint density at radius 1 is 1.22 bits per heavy atom. The van der Waals surface area contributed by atoms with Gasteiger partial charge >= 0.3 is 6.18 Å². The molecule has 1 aliphatic rings. The fraction of sp³-hybridized carbons (Fsp3) is 0.364. The van der Waals surface area contributed by atoms with Crippen LogP contribution in [0.3, 0.4) is 0 Å². The molecule has 0 unspecified atom stereocenters. The molecule has 0 spiro atoms. The highest BCUT2D eigenvalue weighted by atomic mass is 32.2. The highest BCUT2D eigenvalue weighted by Gasteiger charge is 2.36. The van der Waals surface area contributed by atoms with E-state index in [1.165, 1.54) is 16.9 Å². The Morgan fingerprint density at radius 2 is 1.92 bits per heavy atom. The number of halogens is 5. The number of benzene rings is 1. The average Bonchev–Trinajstić information content (AvgIpc) is 2.81. The van der Waals surface area contributed by atoms with Crippen LogP contribution in [0.25, 0.3) is 6.08 Å². The summed E-state index contributed by atoms with van der Waals surface area (Å²) in [6.45, 7) is 0.731. The number of sulfonamides is 1. The van der Waals surface area contributed by atoms with E-state index in [-0.39, 0.29) is 11.3 Å². The molecule has 36 heavy (non-hydrogen) atoms. The summed E-state index contributed by atoms with van der Waals surface area (Å²) >= 11 is 0. The second kappa shape index (κ2) is 11.2. The number of morpholine rings is 1. The number of amides is 1. The average molecular weight is 535 g/mol. The van der Waals surface area contributed by atoms with E-state index >= 15 is 0 Å². The Kier molecular flexibility index (Phi) is 8.51. The zero-order valence-electron chi connectivity index (χ0n) is 19.0. The van der Waals surface area contributed by atoms with E-state index in [4.69, 9.17) is 4.74 Å². The summed E-state index contributed by atoms with van der Waals surface area (Å²) in [6, 6.07) is 4.31. The van der Waals surface area contributed by atoms with Crippen LogP contribution >= 0.6 is 0 Å². The fourth-order valence-electron chi connectivity index (χ4n) is 3.42. The second-order valence-corrected chi connectivity index (χ2v) is 9.62. The number of aromatic nitrogens is 1. The third-order valence-electron chi connectivity index (χ3n) is 5.03. The second-order valence-electron chi connectivity index (χ2n) is 7.87. The molecule has 0 radical (unpaired) electrons. The molecule has 1 fully saturated rings. The third-order valence-corrected chi connectivity index (χ3v) is 5.61. The maximum absolute atomic E-state index is 14.3. The van der Waals surface area contributed by atoms with Gasteiger partial charge in [0.25, 0.3) is 0 Å². The third kappa shape index (κ3) is 7.37. The molecule has 1 aliphatic heterocycles. The maximum Gasteiger partial charge on any atom is 0.418 e. The van der Waals surface area contributed by atoms with Crippen LogP contribution in [-0.2, 0) is 39.0 Å². The van der Waals surface area contributed by atoms with Gasteiger partial charge in [-0.2, -0.15) is 13.2 Å². The SMILES string of the molecule is CS(=O)(=O)Nc1c(F)cc(CNC(=O)/C=C/c2ccc(CF)nc2N2CCOCC2)cc1C(F)(F)F. The molecule has 1 aromatic heterocycles. The summed E-state index contributed by atoms with van der Waals surface area (Å²) in [7, 11) is -4.18. The molecule has 2 N–H and O–H groups in total. The van der Waals surface area contributed by atoms with Crippen molar-refractivity contribution in [1.82, 2.24) is 10.3 Å². The zero-order valence-corrected chi connectivity index (χ0v) is 19.8. The number of alkyl halides is 4. The van der Waals surface area contributed by atoms with Crippen molar-refractivity contribution in [3.8, 4) is 0 Å². The lowest BCUT2D eigenvalue weighted by Crippen LogP contribution is -2.37. The molecule has 14 heteroatoms. The maximum atomic E-state index is 14.3. The number of hydrogen-bond donors (Lipinski definition) is 2. The van der Waals surface area contributed by atoms with Crippen LogP contribution in [-0.4, -0.2) is 51.9 Å². The summed E-state index contributed by atoms with van der Waals surface area (Å²) in [4.78, 5) is 18.5. The minimum Gasteiger partial charge on any atom is -0.378 e. The molecular formula is C22H23F5N4O4S. The van der Waals surface area contributed by atoms with Gasteiger partial charge in [0.15, 0.2) is 0 Å². The lowest BCUT2D eigenvalue weighted by atomic mass is 10.1. The van der Waals surface area contributed by atoms with Crippen LogP contribution in [0.1, 0.15) is 22.4 Å². The van der Waals surface area contributed by atoms with E-state index in [9.17, 15) is 35.2 Å². The number of pyridine rings is 1. The van der Waals surface area contributed by atoms with Gasteiger partial charge in [0, 0.05) is 31.3 Å². The first-order valence-corrected chi connectivity index (χ1v) is 12.5. The fourth-order valence-corrected chi connectivity index (χ4v) is 4.00. The van der Waals surface area contributed by atoms with E-state index in [0.29, 0.717) is 56.1 Å². The van der Waals surface area contributed by atoms with Crippen molar-refractivity contribution in [3.05, 3.63) is 58.5 Å². The van der Waals surface area contributed by atoms with Crippen molar-refractivity contribution in [2.75, 3.05) is 42.2 Å². The van der Waals surface area contributed by atoms with Gasteiger partial charge in [-0.25, -0.2) is 22.2 Å². The molecule has 196 valence electrons. The molecule has 1 saturated heterocycles. The quantitative estimate of drug-likeness (QED) is 0.399. The molecule has 8 nitrogen and oxygen atoms in total. The van der Waals surface area contributed by atoms with Crippen molar-refractivity contribution in [1.29, 1.82) is 0 Å². The van der Waals surface area contributed by atoms with Crippen LogP contribution in [0.4, 0.5) is 33.5 Å². The van der Waals surface area contributed by atoms with Gasteiger partial charge in [-0.15, -0.1) is 0 Å². The minimum atomic E-state index is -5.05. The van der Waals surface area contributed by atoms with Crippen LogP contribution in [0.15, 0.2) is 30.3 Å². The zero-order chi connectivity index (χ0) is 26.5. The van der Waals surface area contributed by atoms with E-state index in [1.807, 2.05) is 4.90 Å². The summed E-state index contributed by atoms with van der Waals surface area (Å²) in [5.74, 6) is -1.67. The van der Waals surface area contributed by atoms with Crippen LogP contribution < -0.4 is 14.9 Å². The Bertz CT molecular complexity index is 1250. The molecular weight excluding hydrogens is 511 g/mol. The summed E-state index contributed by atoms with van der Waals surface area (Å²) < 4.78 is 97.1. The number of ether oxygens (including phenoxy) is 1. The number of nitrogens with zero attached hydrogens (tertiary/aromatic N) is 2. The first-order valence-electron chi connectivity index (χ1n) is 10.6. The normalized spacial score (nSPS) is 14.8. The van der Waals surface area contributed by atoms with Gasteiger partial charge in [0.1, 0.15) is 18.3 Å². The van der Waals surface area contributed by atoms with Crippen molar-refractivity contribution in [2.45, 2.75) is 19.4 Å². The molecule has 1 aromatic carbocycles. The van der Waals surface area contributed by atoms with Crippen LogP contribution in [0.5, 0.6) is 0 Å². The minimum absolute atomic E-state index is 0.217. The smallest absolute Gasteiger partial charge is 0.378 e. The summed E-state index contributed by atoms with van der Waals surface area (Å²) in [5.41, 5.74) is -2.24. The number of hydrogen-bond acceptors (Lipinski definition) is 6. The lowest BCUT2D eigenvalue weighted by molar-refractivity contribution is -0.137. The van der Waals surface area contributed by atoms with Gasteiger partial charge in [-0.3, -0.25) is 9.52 Å². The summed E-state index contributed by atoms with van der Waals surface area (Å²) in [6.07, 6.45) is -1.91. The molecule has 0 saturated carbocycles. The molecule has 0 atom stereocenters. The van der Waals surface area contributed by atoms with E-state index in [0.717, 1.165) is 6.08 Å². The highest BCUT2D eigenvalue weighted by molar-refractivity contribution is 7.92. The molecule has 0 aliphatic carbocycles. The van der Waals surface area contributed by atoms with Crippen molar-refractivity contribution < 1.29 is 39.9 Å². The Labute approximate surface area is 204 Å². The lowest BCUT2D eigenvalue weighted by Gasteiger charge is -2.29. The first-order chi connectivity index (χ1) is 16.9. The standard InChI is InChI=1S/C22H23F5N4O4S/c1-36(33,34)30-20-17(22(25,26)27)10-14(11-18(20)24)13-28-19(32)5-3-15-2-4-16(12-23)29-21(15)31-6-8-35-9-7-31/h2-5,10-11,30H,6-9,12-13H2,1H3,(H,28,32)/b5-3+. The number of rotatable bonds is 8. The van der Waals surface area contributed by atoms with Crippen LogP contribution in [0.2, 0.25) is 0 Å². The Balaban J connectivity index is 1.76. The molecule has 2 heterocycles. The van der Waals surface area contributed by atoms with E-state index in [2.05, 4.69) is 10.3 Å². The molecule has 3 rings (SSSR count). The van der Waals surface area contributed by atoms with Gasteiger partial charge in [-0.1, -0.05) is 0 Å². The van der Waals surface area contributed by atoms with Gasteiger partial charge in [0.2, 0.25) is 15.9 Å².